The van der Waals surface area contributed by atoms with Crippen molar-refractivity contribution < 1.29 is 15.3 Å². The number of rotatable bonds is 5. The third-order valence-corrected chi connectivity index (χ3v) is 4.86. The van der Waals surface area contributed by atoms with Crippen molar-refractivity contribution in [3.63, 3.8) is 0 Å². The van der Waals surface area contributed by atoms with E-state index in [0.29, 0.717) is 13.1 Å². The Morgan fingerprint density at radius 3 is 2.42 bits per heavy atom. The van der Waals surface area contributed by atoms with E-state index >= 15 is 0 Å². The first-order chi connectivity index (χ1) is 9.20. The number of aliphatic hydroxyl groups is 3. The van der Waals surface area contributed by atoms with E-state index in [-0.39, 0.29) is 12.5 Å². The molecule has 112 valence electrons. The topological polar surface area (TPSA) is 63.9 Å². The molecule has 2 fully saturated rings. The van der Waals surface area contributed by atoms with Crippen molar-refractivity contribution >= 4 is 0 Å². The number of hydrogen-bond acceptors (Lipinski definition) is 4. The fourth-order valence-corrected chi connectivity index (χ4v) is 3.63. The second kappa shape index (κ2) is 7.58. The van der Waals surface area contributed by atoms with Crippen molar-refractivity contribution in [3.8, 4) is 0 Å². The lowest BCUT2D eigenvalue weighted by atomic mass is 9.86. The Morgan fingerprint density at radius 1 is 1.00 bits per heavy atom. The van der Waals surface area contributed by atoms with E-state index in [2.05, 4.69) is 4.90 Å². The molecule has 0 bridgehead atoms. The van der Waals surface area contributed by atoms with Gasteiger partial charge in [0.2, 0.25) is 0 Å². The summed E-state index contributed by atoms with van der Waals surface area (Å²) in [5.74, 6) is 0.709. The van der Waals surface area contributed by atoms with Crippen LogP contribution < -0.4 is 0 Å². The summed E-state index contributed by atoms with van der Waals surface area (Å²) in [4.78, 5) is 2.20. The molecule has 1 aliphatic heterocycles. The zero-order valence-electron chi connectivity index (χ0n) is 11.9. The lowest BCUT2D eigenvalue weighted by Gasteiger charge is -2.38. The third-order valence-electron chi connectivity index (χ3n) is 4.86. The molecule has 3 atom stereocenters. The van der Waals surface area contributed by atoms with Crippen LogP contribution >= 0.6 is 0 Å². The smallest absolute Gasteiger partial charge is 0.0929 e. The van der Waals surface area contributed by atoms with Gasteiger partial charge in [-0.25, -0.2) is 0 Å². The SMILES string of the molecule is OCC1CN(CCCC2CCCCC2)CC(O)C1O. The molecular formula is C15H29NO3. The van der Waals surface area contributed by atoms with Crippen molar-refractivity contribution in [2.75, 3.05) is 26.2 Å². The van der Waals surface area contributed by atoms with Crippen LogP contribution in [-0.2, 0) is 0 Å². The van der Waals surface area contributed by atoms with E-state index in [1.807, 2.05) is 0 Å². The Bertz CT molecular complexity index is 256. The standard InChI is InChI=1S/C15H29NO3/c17-11-13-9-16(10-14(18)15(13)19)8-4-7-12-5-2-1-3-6-12/h12-15,17-19H,1-11H2. The van der Waals surface area contributed by atoms with Crippen LogP contribution in [0, 0.1) is 11.8 Å². The van der Waals surface area contributed by atoms with E-state index in [1.54, 1.807) is 0 Å². The molecule has 3 unspecified atom stereocenters. The second-order valence-corrected chi connectivity index (χ2v) is 6.41. The summed E-state index contributed by atoms with van der Waals surface area (Å²) < 4.78 is 0. The van der Waals surface area contributed by atoms with Gasteiger partial charge in [-0.2, -0.15) is 0 Å². The Labute approximate surface area is 116 Å². The molecule has 3 N–H and O–H groups in total. The molecule has 0 aromatic heterocycles. The molecule has 0 aromatic carbocycles. The molecule has 19 heavy (non-hydrogen) atoms. The van der Waals surface area contributed by atoms with Gasteiger partial charge < -0.3 is 20.2 Å². The van der Waals surface area contributed by atoms with Crippen molar-refractivity contribution in [3.05, 3.63) is 0 Å². The maximum absolute atomic E-state index is 9.79. The molecule has 0 aromatic rings. The fraction of sp³-hybridized carbons (Fsp3) is 1.00. The highest BCUT2D eigenvalue weighted by molar-refractivity contribution is 4.86. The van der Waals surface area contributed by atoms with E-state index in [4.69, 9.17) is 0 Å². The molecule has 4 heteroatoms. The molecule has 1 saturated heterocycles. The Hall–Kier alpha value is -0.160. The third kappa shape index (κ3) is 4.42. The van der Waals surface area contributed by atoms with Crippen molar-refractivity contribution in [2.24, 2.45) is 11.8 Å². The van der Waals surface area contributed by atoms with E-state index in [1.165, 1.54) is 44.9 Å². The predicted octanol–water partition coefficient (Wildman–Crippen LogP) is 0.993. The van der Waals surface area contributed by atoms with E-state index in [0.717, 1.165) is 12.5 Å². The van der Waals surface area contributed by atoms with Crippen LogP contribution in [0.1, 0.15) is 44.9 Å². The number of β-amino-alcohol motifs (C(OH)–C–C–N with tert-alkyl or cyclic N) is 1. The monoisotopic (exact) mass is 271 g/mol. The van der Waals surface area contributed by atoms with Gasteiger partial charge in [0.25, 0.3) is 0 Å². The highest BCUT2D eigenvalue weighted by Crippen LogP contribution is 2.27. The molecule has 2 rings (SSSR count). The summed E-state index contributed by atoms with van der Waals surface area (Å²) in [7, 11) is 0. The van der Waals surface area contributed by atoms with E-state index in [9.17, 15) is 15.3 Å². The minimum absolute atomic E-state index is 0.0443. The lowest BCUT2D eigenvalue weighted by molar-refractivity contribution is -0.0863. The van der Waals surface area contributed by atoms with Gasteiger partial charge in [-0.1, -0.05) is 32.1 Å². The predicted molar refractivity (Wildman–Crippen MR) is 74.8 cm³/mol. The summed E-state index contributed by atoms with van der Waals surface area (Å²) in [6, 6.07) is 0. The Morgan fingerprint density at radius 2 is 1.74 bits per heavy atom. The zero-order valence-corrected chi connectivity index (χ0v) is 11.9. The number of aliphatic hydroxyl groups excluding tert-OH is 3. The molecule has 1 heterocycles. The minimum Gasteiger partial charge on any atom is -0.396 e. The van der Waals surface area contributed by atoms with Crippen LogP contribution in [0.5, 0.6) is 0 Å². The maximum atomic E-state index is 9.79. The van der Waals surface area contributed by atoms with Crippen LogP contribution in [0.2, 0.25) is 0 Å². The van der Waals surface area contributed by atoms with Gasteiger partial charge in [0.05, 0.1) is 12.2 Å². The van der Waals surface area contributed by atoms with Gasteiger partial charge in [0.15, 0.2) is 0 Å². The average molecular weight is 271 g/mol. The van der Waals surface area contributed by atoms with Gasteiger partial charge in [0, 0.05) is 25.6 Å². The zero-order chi connectivity index (χ0) is 13.7. The molecule has 4 nitrogen and oxygen atoms in total. The van der Waals surface area contributed by atoms with Crippen molar-refractivity contribution in [1.82, 2.24) is 4.90 Å². The van der Waals surface area contributed by atoms with Crippen LogP contribution in [-0.4, -0.2) is 58.7 Å². The molecule has 2 aliphatic rings. The summed E-state index contributed by atoms with van der Waals surface area (Å²) in [6.07, 6.45) is 7.97. The molecule has 0 radical (unpaired) electrons. The lowest BCUT2D eigenvalue weighted by Crippen LogP contribution is -2.53. The van der Waals surface area contributed by atoms with Crippen LogP contribution in [0.15, 0.2) is 0 Å². The quantitative estimate of drug-likeness (QED) is 0.698. The number of piperidine rings is 1. The molecule has 0 spiro atoms. The van der Waals surface area contributed by atoms with Crippen LogP contribution in [0.4, 0.5) is 0 Å². The van der Waals surface area contributed by atoms with Gasteiger partial charge in [-0.3, -0.25) is 0 Å². The highest BCUT2D eigenvalue weighted by atomic mass is 16.3. The van der Waals surface area contributed by atoms with Gasteiger partial charge in [0.1, 0.15) is 0 Å². The first-order valence-electron chi connectivity index (χ1n) is 7.90. The number of likely N-dealkylation sites (tertiary alicyclic amines) is 1. The summed E-state index contributed by atoms with van der Waals surface area (Å²) in [5.41, 5.74) is 0. The Kier molecular flexibility index (Phi) is 6.07. The summed E-state index contributed by atoms with van der Waals surface area (Å²) in [6.45, 7) is 2.19. The molecule has 0 amide bonds. The number of hydrogen-bond donors (Lipinski definition) is 3. The summed E-state index contributed by atoms with van der Waals surface area (Å²) >= 11 is 0. The van der Waals surface area contributed by atoms with Gasteiger partial charge >= 0.3 is 0 Å². The molecule has 1 saturated carbocycles. The molecule has 1 aliphatic carbocycles. The van der Waals surface area contributed by atoms with E-state index < -0.39 is 12.2 Å². The van der Waals surface area contributed by atoms with Crippen molar-refractivity contribution in [2.45, 2.75) is 57.2 Å². The first kappa shape index (κ1) is 15.2. The maximum Gasteiger partial charge on any atom is 0.0929 e. The number of nitrogens with zero attached hydrogens (tertiary/aromatic N) is 1. The highest BCUT2D eigenvalue weighted by Gasteiger charge is 2.33. The average Bonchev–Trinajstić information content (AvgIpc) is 2.43. The fourth-order valence-electron chi connectivity index (χ4n) is 3.63. The normalized spacial score (nSPS) is 34.6. The van der Waals surface area contributed by atoms with Crippen molar-refractivity contribution in [1.29, 1.82) is 0 Å². The largest absolute Gasteiger partial charge is 0.396 e. The molecular weight excluding hydrogens is 242 g/mol. The van der Waals surface area contributed by atoms with Crippen LogP contribution in [0.25, 0.3) is 0 Å². The first-order valence-corrected chi connectivity index (χ1v) is 7.90. The minimum atomic E-state index is -0.764. The van der Waals surface area contributed by atoms with Crippen LogP contribution in [0.3, 0.4) is 0 Å². The van der Waals surface area contributed by atoms with Gasteiger partial charge in [-0.15, -0.1) is 0 Å². The Balaban J connectivity index is 1.67. The van der Waals surface area contributed by atoms with Gasteiger partial charge in [-0.05, 0) is 25.3 Å². The summed E-state index contributed by atoms with van der Waals surface area (Å²) in [5, 5.41) is 28.8. The second-order valence-electron chi connectivity index (χ2n) is 6.41.